The van der Waals surface area contributed by atoms with E-state index in [0.29, 0.717) is 19.6 Å². The summed E-state index contributed by atoms with van der Waals surface area (Å²) in [7, 11) is 0. The fourth-order valence-electron chi connectivity index (χ4n) is 1.78. The van der Waals surface area contributed by atoms with Crippen LogP contribution in [0.25, 0.3) is 0 Å². The number of nitrogens with one attached hydrogen (secondary N) is 2. The average molecular weight is 258 g/mol. The van der Waals surface area contributed by atoms with Crippen molar-refractivity contribution in [1.29, 1.82) is 0 Å². The highest BCUT2D eigenvalue weighted by molar-refractivity contribution is 5.76. The average Bonchev–Trinajstić information content (AvgIpc) is 2.39. The Morgan fingerprint density at radius 2 is 2.28 bits per heavy atom. The van der Waals surface area contributed by atoms with Crippen LogP contribution < -0.4 is 10.6 Å². The maximum atomic E-state index is 11.6. The Morgan fingerprint density at radius 1 is 1.44 bits per heavy atom. The molecule has 0 aromatic carbocycles. The quantitative estimate of drug-likeness (QED) is 0.597. The van der Waals surface area contributed by atoms with E-state index >= 15 is 0 Å². The fourth-order valence-corrected chi connectivity index (χ4v) is 1.78. The van der Waals surface area contributed by atoms with Gasteiger partial charge in [0.05, 0.1) is 19.1 Å². The van der Waals surface area contributed by atoms with Crippen molar-refractivity contribution in [1.82, 2.24) is 10.6 Å². The molecule has 1 rings (SSSR count). The number of unbranched alkanes of at least 4 members (excludes halogenated alkanes) is 1. The lowest BCUT2D eigenvalue weighted by Crippen LogP contribution is -2.41. The highest BCUT2D eigenvalue weighted by Gasteiger charge is 2.16. The Labute approximate surface area is 110 Å². The lowest BCUT2D eigenvalue weighted by atomic mass is 10.2. The number of hydrogen-bond acceptors (Lipinski definition) is 4. The van der Waals surface area contributed by atoms with Crippen molar-refractivity contribution in [3.8, 4) is 0 Å². The summed E-state index contributed by atoms with van der Waals surface area (Å²) in [5.74, 6) is 0.0669. The van der Waals surface area contributed by atoms with Crippen LogP contribution in [-0.2, 0) is 14.3 Å². The van der Waals surface area contributed by atoms with Gasteiger partial charge in [-0.3, -0.25) is 4.79 Å². The standard InChI is InChI=1S/C13H26N2O3/c1-2-3-7-17-8-4-5-15-13(16)10-12-11-14-6-9-18-12/h12,14H,2-11H2,1H3,(H,15,16). The molecule has 5 heteroatoms. The zero-order chi connectivity index (χ0) is 13.1. The molecule has 0 radical (unpaired) electrons. The summed E-state index contributed by atoms with van der Waals surface area (Å²) in [4.78, 5) is 11.6. The normalized spacial score (nSPS) is 19.7. The second kappa shape index (κ2) is 10.3. The first-order chi connectivity index (χ1) is 8.83. The molecule has 1 fully saturated rings. The summed E-state index contributed by atoms with van der Waals surface area (Å²) < 4.78 is 10.9. The van der Waals surface area contributed by atoms with Gasteiger partial charge in [-0.25, -0.2) is 0 Å². The van der Waals surface area contributed by atoms with E-state index in [4.69, 9.17) is 9.47 Å². The molecule has 0 aliphatic carbocycles. The Kier molecular flexibility index (Phi) is 8.81. The van der Waals surface area contributed by atoms with E-state index in [0.717, 1.165) is 45.6 Å². The van der Waals surface area contributed by atoms with E-state index in [2.05, 4.69) is 17.6 Å². The van der Waals surface area contributed by atoms with Crippen molar-refractivity contribution >= 4 is 5.91 Å². The molecule has 0 spiro atoms. The first-order valence-electron chi connectivity index (χ1n) is 6.99. The minimum absolute atomic E-state index is 0.0274. The molecule has 1 atom stereocenters. The van der Waals surface area contributed by atoms with Gasteiger partial charge in [-0.05, 0) is 12.8 Å². The molecule has 1 saturated heterocycles. The Bertz CT molecular complexity index is 218. The largest absolute Gasteiger partial charge is 0.381 e. The smallest absolute Gasteiger partial charge is 0.222 e. The maximum Gasteiger partial charge on any atom is 0.222 e. The number of carbonyl (C=O) groups excluding carboxylic acids is 1. The molecule has 5 nitrogen and oxygen atoms in total. The number of carbonyl (C=O) groups is 1. The van der Waals surface area contributed by atoms with Crippen molar-refractivity contribution < 1.29 is 14.3 Å². The topological polar surface area (TPSA) is 59.6 Å². The molecule has 1 amide bonds. The van der Waals surface area contributed by atoms with Gasteiger partial charge in [-0.2, -0.15) is 0 Å². The van der Waals surface area contributed by atoms with Gasteiger partial charge in [0.2, 0.25) is 5.91 Å². The van der Waals surface area contributed by atoms with Gasteiger partial charge in [-0.15, -0.1) is 0 Å². The zero-order valence-corrected chi connectivity index (χ0v) is 11.4. The molecule has 0 saturated carbocycles. The van der Waals surface area contributed by atoms with Gasteiger partial charge in [0.25, 0.3) is 0 Å². The first-order valence-corrected chi connectivity index (χ1v) is 6.99. The third-order valence-corrected chi connectivity index (χ3v) is 2.85. The second-order valence-electron chi connectivity index (χ2n) is 4.57. The molecule has 0 aromatic rings. The van der Waals surface area contributed by atoms with Gasteiger partial charge in [0.15, 0.2) is 0 Å². The lowest BCUT2D eigenvalue weighted by molar-refractivity contribution is -0.124. The molecule has 1 heterocycles. The van der Waals surface area contributed by atoms with Crippen LogP contribution in [0, 0.1) is 0 Å². The van der Waals surface area contributed by atoms with Crippen molar-refractivity contribution in [2.45, 2.75) is 38.7 Å². The van der Waals surface area contributed by atoms with Crippen LogP contribution in [0.15, 0.2) is 0 Å². The Balaban J connectivity index is 1.90. The van der Waals surface area contributed by atoms with E-state index in [1.54, 1.807) is 0 Å². The van der Waals surface area contributed by atoms with E-state index in [-0.39, 0.29) is 12.0 Å². The van der Waals surface area contributed by atoms with Gasteiger partial charge in [-0.1, -0.05) is 13.3 Å². The van der Waals surface area contributed by atoms with Crippen LogP contribution in [0.2, 0.25) is 0 Å². The van der Waals surface area contributed by atoms with Crippen LogP contribution in [0.4, 0.5) is 0 Å². The van der Waals surface area contributed by atoms with E-state index in [1.165, 1.54) is 0 Å². The van der Waals surface area contributed by atoms with Gasteiger partial charge < -0.3 is 20.1 Å². The predicted molar refractivity (Wildman–Crippen MR) is 70.6 cm³/mol. The van der Waals surface area contributed by atoms with E-state index in [1.807, 2.05) is 0 Å². The second-order valence-corrected chi connectivity index (χ2v) is 4.57. The molecule has 18 heavy (non-hydrogen) atoms. The summed E-state index contributed by atoms with van der Waals surface area (Å²) >= 11 is 0. The van der Waals surface area contributed by atoms with Crippen molar-refractivity contribution in [2.75, 3.05) is 39.5 Å². The molecule has 1 unspecified atom stereocenters. The van der Waals surface area contributed by atoms with Crippen molar-refractivity contribution in [3.63, 3.8) is 0 Å². The van der Waals surface area contributed by atoms with Gasteiger partial charge in [0, 0.05) is 32.8 Å². The number of amides is 1. The highest BCUT2D eigenvalue weighted by Crippen LogP contribution is 2.00. The number of hydrogen-bond donors (Lipinski definition) is 2. The zero-order valence-electron chi connectivity index (χ0n) is 11.4. The van der Waals surface area contributed by atoms with Crippen LogP contribution in [0.1, 0.15) is 32.6 Å². The third-order valence-electron chi connectivity index (χ3n) is 2.85. The highest BCUT2D eigenvalue weighted by atomic mass is 16.5. The summed E-state index contributed by atoms with van der Waals surface area (Å²) in [6, 6.07) is 0. The van der Waals surface area contributed by atoms with E-state index in [9.17, 15) is 4.79 Å². The number of morpholine rings is 1. The molecule has 0 bridgehead atoms. The predicted octanol–water partition coefficient (Wildman–Crippen LogP) is 0.688. The van der Waals surface area contributed by atoms with E-state index < -0.39 is 0 Å². The van der Waals surface area contributed by atoms with Crippen molar-refractivity contribution in [2.24, 2.45) is 0 Å². The van der Waals surface area contributed by atoms with Crippen LogP contribution >= 0.6 is 0 Å². The van der Waals surface area contributed by atoms with Crippen LogP contribution in [-0.4, -0.2) is 51.5 Å². The monoisotopic (exact) mass is 258 g/mol. The lowest BCUT2D eigenvalue weighted by Gasteiger charge is -2.23. The molecule has 0 aromatic heterocycles. The van der Waals surface area contributed by atoms with Gasteiger partial charge in [0.1, 0.15) is 0 Å². The summed E-state index contributed by atoms with van der Waals surface area (Å²) in [6.07, 6.45) is 3.62. The molecule has 1 aliphatic rings. The van der Waals surface area contributed by atoms with Crippen LogP contribution in [0.5, 0.6) is 0 Å². The minimum atomic E-state index is 0.0274. The molecular formula is C13H26N2O3. The maximum absolute atomic E-state index is 11.6. The SMILES string of the molecule is CCCCOCCCNC(=O)CC1CNCCO1. The fraction of sp³-hybridized carbons (Fsp3) is 0.923. The van der Waals surface area contributed by atoms with Gasteiger partial charge >= 0.3 is 0 Å². The number of ether oxygens (including phenoxy) is 2. The summed E-state index contributed by atoms with van der Waals surface area (Å²) in [5, 5.41) is 6.11. The van der Waals surface area contributed by atoms with Crippen LogP contribution in [0.3, 0.4) is 0 Å². The summed E-state index contributed by atoms with van der Waals surface area (Å²) in [5.41, 5.74) is 0. The third kappa shape index (κ3) is 7.63. The number of rotatable bonds is 9. The molecule has 106 valence electrons. The Hall–Kier alpha value is -0.650. The first kappa shape index (κ1) is 15.4. The molecular weight excluding hydrogens is 232 g/mol. The molecule has 1 aliphatic heterocycles. The Morgan fingerprint density at radius 3 is 3.00 bits per heavy atom. The summed E-state index contributed by atoms with van der Waals surface area (Å²) in [6.45, 7) is 6.73. The minimum Gasteiger partial charge on any atom is -0.381 e. The molecule has 2 N–H and O–H groups in total. The van der Waals surface area contributed by atoms with Crippen molar-refractivity contribution in [3.05, 3.63) is 0 Å².